The molecule has 4 rings (SSSR count). The largest absolute Gasteiger partial charge is 0.478 e. The Morgan fingerprint density at radius 1 is 0.750 bits per heavy atom. The molecule has 0 fully saturated rings. The molecule has 0 aromatic heterocycles. The summed E-state index contributed by atoms with van der Waals surface area (Å²) in [5, 5.41) is 23.9. The van der Waals surface area contributed by atoms with Gasteiger partial charge in [0, 0.05) is 18.5 Å². The Bertz CT molecular complexity index is 1950. The molecule has 0 unspecified atom stereocenters. The lowest BCUT2D eigenvalue weighted by Gasteiger charge is -2.23. The number of aromatic carboxylic acids is 1. The third-order valence-electron chi connectivity index (χ3n) is 7.47. The first-order valence-electron chi connectivity index (χ1n) is 14.9. The second-order valence-electron chi connectivity index (χ2n) is 11.2. The number of sulfonamides is 1. The summed E-state index contributed by atoms with van der Waals surface area (Å²) in [7, 11) is -4.22. The molecule has 2 atom stereocenters. The minimum absolute atomic E-state index is 0.0580. The van der Waals surface area contributed by atoms with Crippen LogP contribution in [0.25, 0.3) is 10.8 Å². The van der Waals surface area contributed by atoms with Gasteiger partial charge in [0.1, 0.15) is 17.9 Å². The second kappa shape index (κ2) is 15.8. The third kappa shape index (κ3) is 10.2. The van der Waals surface area contributed by atoms with Gasteiger partial charge in [-0.3, -0.25) is 19.8 Å². The van der Waals surface area contributed by atoms with E-state index in [1.165, 1.54) is 24.3 Å². The molecule has 0 aliphatic carbocycles. The number of primary amides is 1. The number of amides is 3. The average Bonchev–Trinajstić information content (AvgIpc) is 3.04. The van der Waals surface area contributed by atoms with E-state index in [9.17, 15) is 32.7 Å². The topological polar surface area (TPSA) is 235 Å². The van der Waals surface area contributed by atoms with Crippen LogP contribution in [0.15, 0.2) is 91.0 Å². The number of benzene rings is 4. The number of nitrogens with two attached hydrogens (primary N) is 2. The normalized spacial score (nSPS) is 12.5. The van der Waals surface area contributed by atoms with E-state index in [1.807, 2.05) is 36.4 Å². The fourth-order valence-electron chi connectivity index (χ4n) is 5.00. The van der Waals surface area contributed by atoms with Crippen LogP contribution in [0.1, 0.15) is 45.5 Å². The van der Waals surface area contributed by atoms with Crippen molar-refractivity contribution in [2.75, 3.05) is 0 Å². The zero-order valence-electron chi connectivity index (χ0n) is 25.8. The molecule has 14 heteroatoms. The monoisotopic (exact) mass is 672 g/mol. The molecule has 13 nitrogen and oxygen atoms in total. The van der Waals surface area contributed by atoms with Crippen molar-refractivity contribution in [3.05, 3.63) is 119 Å². The van der Waals surface area contributed by atoms with Gasteiger partial charge in [0.2, 0.25) is 27.7 Å². The first kappa shape index (κ1) is 35.3. The van der Waals surface area contributed by atoms with E-state index in [4.69, 9.17) is 16.9 Å². The van der Waals surface area contributed by atoms with Crippen LogP contribution in [0.4, 0.5) is 0 Å². The Balaban J connectivity index is 1.56. The van der Waals surface area contributed by atoms with Gasteiger partial charge >= 0.3 is 5.97 Å². The maximum atomic E-state index is 13.8. The Morgan fingerprint density at radius 2 is 1.44 bits per heavy atom. The molecule has 48 heavy (non-hydrogen) atoms. The molecule has 0 heterocycles. The summed E-state index contributed by atoms with van der Waals surface area (Å²) < 4.78 is 29.1. The molecule has 250 valence electrons. The van der Waals surface area contributed by atoms with Crippen LogP contribution in [-0.4, -0.2) is 55.1 Å². The molecule has 0 aliphatic heterocycles. The number of nitrogen functional groups attached to an aromatic ring is 1. The number of nitrogens with one attached hydrogen (secondary N) is 4. The maximum absolute atomic E-state index is 13.8. The van der Waals surface area contributed by atoms with Gasteiger partial charge in [0.05, 0.1) is 11.3 Å². The summed E-state index contributed by atoms with van der Waals surface area (Å²) in [5.41, 5.74) is 12.8. The second-order valence-corrected chi connectivity index (χ2v) is 13.0. The standard InChI is InChI=1S/C34H36N6O7S/c35-30(41)15-14-28(32(42)38-19-21-8-12-25(13-9-21)31(36)37)39-33(43)29(18-22-10-11-24-5-1-2-6-26(24)16-22)40-48(46,47)20-23-4-3-7-27(17-23)34(44)45/h1-13,16-17,28-29,40H,14-15,18-20H2,(H2,35,41)(H3,36,37)(H,38,42)(H,39,43)(H,44,45)/t28-,29+/m0/s1. The highest BCUT2D eigenvalue weighted by Gasteiger charge is 2.29. The lowest BCUT2D eigenvalue weighted by molar-refractivity contribution is -0.130. The highest BCUT2D eigenvalue weighted by Crippen LogP contribution is 2.18. The number of fused-ring (bicyclic) bond motifs is 1. The third-order valence-corrected chi connectivity index (χ3v) is 8.82. The van der Waals surface area contributed by atoms with E-state index in [-0.39, 0.29) is 42.8 Å². The van der Waals surface area contributed by atoms with Crippen molar-refractivity contribution in [2.24, 2.45) is 11.5 Å². The molecule has 9 N–H and O–H groups in total. The number of amidine groups is 1. The zero-order chi connectivity index (χ0) is 34.8. The first-order chi connectivity index (χ1) is 22.8. The highest BCUT2D eigenvalue weighted by atomic mass is 32.2. The Hall–Kier alpha value is -5.60. The van der Waals surface area contributed by atoms with Crippen molar-refractivity contribution >= 4 is 50.3 Å². The molecule has 0 spiro atoms. The SMILES string of the molecule is N=C(N)c1ccc(CNC(=O)[C@H](CCC(N)=O)NC(=O)[C@@H](Cc2ccc3ccccc3c2)NS(=O)(=O)Cc2cccc(C(=O)O)c2)cc1. The lowest BCUT2D eigenvalue weighted by Crippen LogP contribution is -2.54. The van der Waals surface area contributed by atoms with Crippen LogP contribution in [0, 0.1) is 5.41 Å². The molecule has 0 bridgehead atoms. The van der Waals surface area contributed by atoms with Crippen LogP contribution < -0.4 is 26.8 Å². The van der Waals surface area contributed by atoms with Crippen LogP contribution in [0.5, 0.6) is 0 Å². The number of carboxylic acid groups (broad SMARTS) is 1. The Kier molecular flexibility index (Phi) is 11.6. The Morgan fingerprint density at radius 3 is 2.10 bits per heavy atom. The number of carbonyl (C=O) groups is 4. The van der Waals surface area contributed by atoms with Crippen molar-refractivity contribution in [3.63, 3.8) is 0 Å². The van der Waals surface area contributed by atoms with E-state index in [1.54, 1.807) is 30.3 Å². The summed E-state index contributed by atoms with van der Waals surface area (Å²) in [6, 6.07) is 22.4. The summed E-state index contributed by atoms with van der Waals surface area (Å²) in [6.07, 6.45) is -0.460. The first-order valence-corrected chi connectivity index (χ1v) is 16.5. The molecule has 0 aliphatic rings. The van der Waals surface area contributed by atoms with Gasteiger partial charge in [0.15, 0.2) is 0 Å². The van der Waals surface area contributed by atoms with Crippen molar-refractivity contribution in [1.29, 1.82) is 5.41 Å². The smallest absolute Gasteiger partial charge is 0.335 e. The predicted octanol–water partition coefficient (Wildman–Crippen LogP) is 1.92. The molecule has 0 radical (unpaired) electrons. The number of hydrogen-bond donors (Lipinski definition) is 7. The molecule has 3 amide bonds. The van der Waals surface area contributed by atoms with Gasteiger partial charge in [-0.05, 0) is 52.4 Å². The molecule has 0 saturated heterocycles. The fourth-order valence-corrected chi connectivity index (χ4v) is 6.33. The molecule has 4 aromatic carbocycles. The van der Waals surface area contributed by atoms with E-state index in [0.717, 1.165) is 10.8 Å². The van der Waals surface area contributed by atoms with E-state index in [0.29, 0.717) is 16.7 Å². The van der Waals surface area contributed by atoms with Crippen LogP contribution in [0.2, 0.25) is 0 Å². The summed E-state index contributed by atoms with van der Waals surface area (Å²) in [6.45, 7) is 0.0580. The quantitative estimate of drug-likeness (QED) is 0.0684. The van der Waals surface area contributed by atoms with Gasteiger partial charge in [0.25, 0.3) is 0 Å². The minimum Gasteiger partial charge on any atom is -0.478 e. The van der Waals surface area contributed by atoms with E-state index >= 15 is 0 Å². The van der Waals surface area contributed by atoms with Crippen molar-refractivity contribution in [3.8, 4) is 0 Å². The summed E-state index contributed by atoms with van der Waals surface area (Å²) in [5.74, 6) is -4.08. The van der Waals surface area contributed by atoms with Crippen LogP contribution in [0.3, 0.4) is 0 Å². The zero-order valence-corrected chi connectivity index (χ0v) is 26.6. The number of carbonyl (C=O) groups excluding carboxylic acids is 3. The fraction of sp³-hybridized carbons (Fsp3) is 0.206. The molecule has 4 aromatic rings. The summed E-state index contributed by atoms with van der Waals surface area (Å²) in [4.78, 5) is 50.1. The molecular formula is C34H36N6O7S. The highest BCUT2D eigenvalue weighted by molar-refractivity contribution is 7.88. The van der Waals surface area contributed by atoms with E-state index in [2.05, 4.69) is 15.4 Å². The Labute approximate surface area is 277 Å². The van der Waals surface area contributed by atoms with Gasteiger partial charge in [-0.15, -0.1) is 0 Å². The van der Waals surface area contributed by atoms with Crippen molar-refractivity contribution in [1.82, 2.24) is 15.4 Å². The number of rotatable bonds is 16. The van der Waals surface area contributed by atoms with Crippen LogP contribution in [-0.2, 0) is 43.1 Å². The summed E-state index contributed by atoms with van der Waals surface area (Å²) >= 11 is 0. The number of hydrogen-bond acceptors (Lipinski definition) is 7. The average molecular weight is 673 g/mol. The van der Waals surface area contributed by atoms with Gasteiger partial charge in [-0.2, -0.15) is 0 Å². The van der Waals surface area contributed by atoms with Crippen molar-refractivity contribution in [2.45, 2.75) is 43.6 Å². The molecular weight excluding hydrogens is 636 g/mol. The van der Waals surface area contributed by atoms with E-state index < -0.39 is 51.6 Å². The number of carboxylic acids is 1. The lowest BCUT2D eigenvalue weighted by atomic mass is 10.0. The van der Waals surface area contributed by atoms with Gasteiger partial charge in [-0.25, -0.2) is 17.9 Å². The van der Waals surface area contributed by atoms with Gasteiger partial charge in [-0.1, -0.05) is 78.9 Å². The minimum atomic E-state index is -4.22. The van der Waals surface area contributed by atoms with Crippen LogP contribution >= 0.6 is 0 Å². The maximum Gasteiger partial charge on any atom is 0.335 e. The molecule has 0 saturated carbocycles. The van der Waals surface area contributed by atoms with Crippen molar-refractivity contribution < 1.29 is 32.7 Å². The predicted molar refractivity (Wildman–Crippen MR) is 180 cm³/mol. The van der Waals surface area contributed by atoms with Gasteiger partial charge < -0.3 is 27.2 Å².